The molecule has 1 fully saturated rings. The zero-order valence-electron chi connectivity index (χ0n) is 12.0. The maximum atomic E-state index is 11.0. The molecule has 0 aliphatic heterocycles. The fourth-order valence-electron chi connectivity index (χ4n) is 2.85. The van der Waals surface area contributed by atoms with Crippen molar-refractivity contribution in [1.29, 1.82) is 0 Å². The Labute approximate surface area is 118 Å². The molecule has 7 nitrogen and oxygen atoms in total. The first-order chi connectivity index (χ1) is 9.54. The minimum Gasteiger partial charge on any atom is -0.472 e. The van der Waals surface area contributed by atoms with E-state index in [0.29, 0.717) is 30.8 Å². The van der Waals surface area contributed by atoms with Gasteiger partial charge in [0.05, 0.1) is 6.61 Å². The molecule has 2 atom stereocenters. The van der Waals surface area contributed by atoms with Crippen molar-refractivity contribution in [2.75, 3.05) is 13.2 Å². The Balaban J connectivity index is 2.08. The highest BCUT2D eigenvalue weighted by Crippen LogP contribution is 2.32. The van der Waals surface area contributed by atoms with E-state index in [9.17, 15) is 10.1 Å². The molecule has 1 heterocycles. The first-order valence-electron chi connectivity index (χ1n) is 7.05. The zero-order valence-corrected chi connectivity index (χ0v) is 12.0. The maximum Gasteiger partial charge on any atom is 0.426 e. The quantitative estimate of drug-likeness (QED) is 0.656. The van der Waals surface area contributed by atoms with Crippen molar-refractivity contribution in [3.8, 4) is 5.88 Å². The summed E-state index contributed by atoms with van der Waals surface area (Å²) in [6, 6.07) is 0. The Bertz CT molecular complexity index is 486. The molecular formula is C13H22N4O3. The number of rotatable bonds is 5. The molecule has 7 heteroatoms. The lowest BCUT2D eigenvalue weighted by molar-refractivity contribution is -0.390. The van der Waals surface area contributed by atoms with Crippen LogP contribution in [0.3, 0.4) is 0 Å². The lowest BCUT2D eigenvalue weighted by Crippen LogP contribution is -2.31. The molecular weight excluding hydrogens is 260 g/mol. The standard InChI is InChI=1S/C13H22N4O3/c1-9-15-12(17(18)19)13(16(9)2)20-8-11-6-4-3-5-10(11)7-14/h10-11H,3-8,14H2,1-2H3. The van der Waals surface area contributed by atoms with Gasteiger partial charge < -0.3 is 20.6 Å². The van der Waals surface area contributed by atoms with Crippen LogP contribution < -0.4 is 10.5 Å². The third-order valence-electron chi connectivity index (χ3n) is 4.23. The van der Waals surface area contributed by atoms with Crippen LogP contribution in [0.1, 0.15) is 31.5 Å². The zero-order chi connectivity index (χ0) is 14.7. The largest absolute Gasteiger partial charge is 0.472 e. The minimum atomic E-state index is -0.496. The molecule has 1 saturated carbocycles. The number of hydrogen-bond donors (Lipinski definition) is 1. The fraction of sp³-hybridized carbons (Fsp3) is 0.769. The molecule has 0 saturated heterocycles. The highest BCUT2D eigenvalue weighted by molar-refractivity contribution is 5.36. The second kappa shape index (κ2) is 6.21. The number of nitrogens with zero attached hydrogens (tertiary/aromatic N) is 3. The van der Waals surface area contributed by atoms with Gasteiger partial charge in [0, 0.05) is 14.0 Å². The molecule has 2 rings (SSSR count). The number of nitro groups is 1. The van der Waals surface area contributed by atoms with Crippen LogP contribution in [0, 0.1) is 28.9 Å². The lowest BCUT2D eigenvalue weighted by Gasteiger charge is -2.30. The Kier molecular flexibility index (Phi) is 4.59. The number of imidazole rings is 1. The van der Waals surface area contributed by atoms with Crippen molar-refractivity contribution < 1.29 is 9.66 Å². The van der Waals surface area contributed by atoms with E-state index < -0.39 is 4.92 Å². The van der Waals surface area contributed by atoms with Gasteiger partial charge in [-0.25, -0.2) is 0 Å². The van der Waals surface area contributed by atoms with Gasteiger partial charge in [-0.3, -0.25) is 4.57 Å². The summed E-state index contributed by atoms with van der Waals surface area (Å²) >= 11 is 0. The van der Waals surface area contributed by atoms with E-state index in [1.54, 1.807) is 18.5 Å². The van der Waals surface area contributed by atoms with Crippen molar-refractivity contribution in [1.82, 2.24) is 9.55 Å². The van der Waals surface area contributed by atoms with Gasteiger partial charge >= 0.3 is 5.82 Å². The summed E-state index contributed by atoms with van der Waals surface area (Å²) in [6.07, 6.45) is 4.59. The lowest BCUT2D eigenvalue weighted by atomic mass is 9.80. The average molecular weight is 282 g/mol. The van der Waals surface area contributed by atoms with E-state index >= 15 is 0 Å². The van der Waals surface area contributed by atoms with Gasteiger partial charge in [-0.1, -0.05) is 12.8 Å². The van der Waals surface area contributed by atoms with Gasteiger partial charge in [-0.05, 0) is 41.1 Å². The minimum absolute atomic E-state index is 0.204. The van der Waals surface area contributed by atoms with Gasteiger partial charge in [-0.2, -0.15) is 0 Å². The summed E-state index contributed by atoms with van der Waals surface area (Å²) in [4.78, 5) is 14.4. The van der Waals surface area contributed by atoms with Gasteiger partial charge in [0.15, 0.2) is 0 Å². The van der Waals surface area contributed by atoms with Crippen LogP contribution in [-0.2, 0) is 7.05 Å². The van der Waals surface area contributed by atoms with E-state index in [2.05, 4.69) is 4.98 Å². The molecule has 2 unspecified atom stereocenters. The summed E-state index contributed by atoms with van der Waals surface area (Å²) in [7, 11) is 1.73. The van der Waals surface area contributed by atoms with E-state index in [1.807, 2.05) is 0 Å². The Morgan fingerprint density at radius 3 is 2.70 bits per heavy atom. The van der Waals surface area contributed by atoms with Gasteiger partial charge in [0.25, 0.3) is 5.88 Å². The van der Waals surface area contributed by atoms with Crippen LogP contribution in [0.2, 0.25) is 0 Å². The number of ether oxygens (including phenoxy) is 1. The van der Waals surface area contributed by atoms with Crippen molar-refractivity contribution >= 4 is 5.82 Å². The molecule has 0 spiro atoms. The summed E-state index contributed by atoms with van der Waals surface area (Å²) < 4.78 is 7.35. The summed E-state index contributed by atoms with van der Waals surface area (Å²) in [6.45, 7) is 2.85. The van der Waals surface area contributed by atoms with Crippen LogP contribution in [0.25, 0.3) is 0 Å². The average Bonchev–Trinajstić information content (AvgIpc) is 2.73. The predicted octanol–water partition coefficient (Wildman–Crippen LogP) is 1.78. The molecule has 1 aliphatic carbocycles. The highest BCUT2D eigenvalue weighted by atomic mass is 16.6. The van der Waals surface area contributed by atoms with Crippen LogP contribution in [-0.4, -0.2) is 27.6 Å². The number of hydrogen-bond acceptors (Lipinski definition) is 5. The van der Waals surface area contributed by atoms with Crippen molar-refractivity contribution in [2.24, 2.45) is 24.6 Å². The van der Waals surface area contributed by atoms with Crippen molar-refractivity contribution in [2.45, 2.75) is 32.6 Å². The van der Waals surface area contributed by atoms with Crippen LogP contribution in [0.4, 0.5) is 5.82 Å². The number of aryl methyl sites for hydroxylation is 1. The molecule has 0 bridgehead atoms. The van der Waals surface area contributed by atoms with Gasteiger partial charge in [-0.15, -0.1) is 0 Å². The Hall–Kier alpha value is -1.63. The smallest absolute Gasteiger partial charge is 0.426 e. The maximum absolute atomic E-state index is 11.0. The first-order valence-corrected chi connectivity index (χ1v) is 7.05. The molecule has 0 radical (unpaired) electrons. The summed E-state index contributed by atoms with van der Waals surface area (Å²) in [5, 5.41) is 11.0. The molecule has 1 aromatic heterocycles. The van der Waals surface area contributed by atoms with Gasteiger partial charge in [0.1, 0.15) is 0 Å². The third-order valence-corrected chi connectivity index (χ3v) is 4.23. The Morgan fingerprint density at radius 2 is 2.10 bits per heavy atom. The summed E-state index contributed by atoms with van der Waals surface area (Å²) in [5.41, 5.74) is 5.79. The Morgan fingerprint density at radius 1 is 1.45 bits per heavy atom. The summed E-state index contributed by atoms with van der Waals surface area (Å²) in [5.74, 6) is 1.45. The monoisotopic (exact) mass is 282 g/mol. The van der Waals surface area contributed by atoms with Gasteiger partial charge in [0.2, 0.25) is 5.82 Å². The molecule has 1 aliphatic rings. The van der Waals surface area contributed by atoms with E-state index in [1.165, 1.54) is 12.8 Å². The molecule has 20 heavy (non-hydrogen) atoms. The number of nitrogens with two attached hydrogens (primary N) is 1. The molecule has 1 aromatic rings. The highest BCUT2D eigenvalue weighted by Gasteiger charge is 2.29. The fourth-order valence-corrected chi connectivity index (χ4v) is 2.85. The first kappa shape index (κ1) is 14.8. The second-order valence-electron chi connectivity index (χ2n) is 5.46. The molecule has 0 aromatic carbocycles. The molecule has 2 N–H and O–H groups in total. The third kappa shape index (κ3) is 2.92. The van der Waals surface area contributed by atoms with Crippen molar-refractivity contribution in [3.63, 3.8) is 0 Å². The SMILES string of the molecule is Cc1nc([N+](=O)[O-])c(OCC2CCCCC2CN)n1C. The molecule has 0 amide bonds. The normalized spacial score (nSPS) is 22.8. The number of aromatic nitrogens is 2. The second-order valence-corrected chi connectivity index (χ2v) is 5.46. The van der Waals surface area contributed by atoms with Crippen LogP contribution in [0.15, 0.2) is 0 Å². The predicted molar refractivity (Wildman–Crippen MR) is 74.6 cm³/mol. The van der Waals surface area contributed by atoms with E-state index in [0.717, 1.165) is 12.8 Å². The van der Waals surface area contributed by atoms with E-state index in [4.69, 9.17) is 10.5 Å². The topological polar surface area (TPSA) is 96.2 Å². The van der Waals surface area contributed by atoms with Crippen LogP contribution in [0.5, 0.6) is 5.88 Å². The van der Waals surface area contributed by atoms with Crippen molar-refractivity contribution in [3.05, 3.63) is 15.9 Å². The molecule has 112 valence electrons. The van der Waals surface area contributed by atoms with E-state index in [-0.39, 0.29) is 11.7 Å². The van der Waals surface area contributed by atoms with Crippen LogP contribution >= 0.6 is 0 Å².